The molecule has 7 heteroatoms. The number of piperidine rings is 1. The first-order valence-electron chi connectivity index (χ1n) is 7.07. The molecule has 0 radical (unpaired) electrons. The molecule has 1 aromatic heterocycles. The van der Waals surface area contributed by atoms with Gasteiger partial charge in [-0.1, -0.05) is 0 Å². The SMILES string of the molecule is CCOC(=O)c1ccsc1NC(=O)CSC1CCNCC1. The fourth-order valence-corrected chi connectivity index (χ4v) is 3.91. The summed E-state index contributed by atoms with van der Waals surface area (Å²) in [6.07, 6.45) is 2.20. The van der Waals surface area contributed by atoms with Gasteiger partial charge in [0.2, 0.25) is 5.91 Å². The number of hydrogen-bond acceptors (Lipinski definition) is 6. The molecule has 1 saturated heterocycles. The Morgan fingerprint density at radius 3 is 2.95 bits per heavy atom. The van der Waals surface area contributed by atoms with Crippen LogP contribution in [0.5, 0.6) is 0 Å². The Labute approximate surface area is 132 Å². The van der Waals surface area contributed by atoms with Gasteiger partial charge in [-0.2, -0.15) is 0 Å². The van der Waals surface area contributed by atoms with Crippen LogP contribution in [-0.4, -0.2) is 42.6 Å². The number of esters is 1. The molecule has 0 bridgehead atoms. The molecule has 2 rings (SSSR count). The lowest BCUT2D eigenvalue weighted by Gasteiger charge is -2.21. The van der Waals surface area contributed by atoms with Gasteiger partial charge >= 0.3 is 5.97 Å². The van der Waals surface area contributed by atoms with Gasteiger partial charge in [-0.25, -0.2) is 4.79 Å². The summed E-state index contributed by atoms with van der Waals surface area (Å²) in [5.74, 6) is -0.0308. The van der Waals surface area contributed by atoms with Gasteiger partial charge in [0, 0.05) is 5.25 Å². The van der Waals surface area contributed by atoms with Crippen molar-refractivity contribution in [3.63, 3.8) is 0 Å². The third-order valence-electron chi connectivity index (χ3n) is 3.15. The Morgan fingerprint density at radius 2 is 2.24 bits per heavy atom. The highest BCUT2D eigenvalue weighted by Crippen LogP contribution is 2.25. The smallest absolute Gasteiger partial charge is 0.341 e. The number of rotatable bonds is 6. The van der Waals surface area contributed by atoms with E-state index < -0.39 is 0 Å². The first-order valence-corrected chi connectivity index (χ1v) is 9.00. The van der Waals surface area contributed by atoms with E-state index in [1.165, 1.54) is 11.3 Å². The molecule has 1 aliphatic heterocycles. The van der Waals surface area contributed by atoms with E-state index in [1.54, 1.807) is 30.1 Å². The van der Waals surface area contributed by atoms with Gasteiger partial charge in [0.05, 0.1) is 17.9 Å². The average molecular weight is 328 g/mol. The lowest BCUT2D eigenvalue weighted by molar-refractivity contribution is -0.113. The van der Waals surface area contributed by atoms with E-state index in [2.05, 4.69) is 10.6 Å². The highest BCUT2D eigenvalue weighted by atomic mass is 32.2. The fraction of sp³-hybridized carbons (Fsp3) is 0.571. The molecule has 0 aliphatic carbocycles. The monoisotopic (exact) mass is 328 g/mol. The van der Waals surface area contributed by atoms with Crippen LogP contribution >= 0.6 is 23.1 Å². The molecule has 0 saturated carbocycles. The normalized spacial score (nSPS) is 15.7. The number of hydrogen-bond donors (Lipinski definition) is 2. The van der Waals surface area contributed by atoms with Crippen LogP contribution < -0.4 is 10.6 Å². The Hall–Kier alpha value is -1.05. The molecule has 2 heterocycles. The summed E-state index contributed by atoms with van der Waals surface area (Å²) in [5.41, 5.74) is 0.432. The van der Waals surface area contributed by atoms with Crippen molar-refractivity contribution in [2.24, 2.45) is 0 Å². The Bertz CT molecular complexity index is 484. The molecule has 116 valence electrons. The second-order valence-corrected chi connectivity index (χ2v) is 6.90. The highest BCUT2D eigenvalue weighted by molar-refractivity contribution is 8.00. The highest BCUT2D eigenvalue weighted by Gasteiger charge is 2.18. The van der Waals surface area contributed by atoms with Crippen molar-refractivity contribution in [3.8, 4) is 0 Å². The minimum Gasteiger partial charge on any atom is -0.462 e. The summed E-state index contributed by atoms with van der Waals surface area (Å²) >= 11 is 3.03. The van der Waals surface area contributed by atoms with Crippen molar-refractivity contribution in [1.82, 2.24) is 5.32 Å². The Kier molecular flexibility index (Phi) is 6.53. The number of ether oxygens (including phenoxy) is 1. The zero-order valence-electron chi connectivity index (χ0n) is 12.0. The number of thiophene rings is 1. The first kappa shape index (κ1) is 16.3. The molecule has 1 fully saturated rings. The van der Waals surface area contributed by atoms with Gasteiger partial charge in [0.15, 0.2) is 0 Å². The molecule has 1 aliphatic rings. The molecule has 0 spiro atoms. The zero-order valence-corrected chi connectivity index (χ0v) is 13.6. The molecule has 1 aromatic rings. The molecule has 21 heavy (non-hydrogen) atoms. The molecule has 5 nitrogen and oxygen atoms in total. The maximum absolute atomic E-state index is 12.0. The predicted octanol–water partition coefficient (Wildman–Crippen LogP) is 2.35. The maximum Gasteiger partial charge on any atom is 0.341 e. The summed E-state index contributed by atoms with van der Waals surface area (Å²) in [6, 6.07) is 1.68. The van der Waals surface area contributed by atoms with E-state index in [4.69, 9.17) is 4.74 Å². The van der Waals surface area contributed by atoms with Crippen molar-refractivity contribution >= 4 is 40.0 Å². The van der Waals surface area contributed by atoms with Gasteiger partial charge in [0.1, 0.15) is 5.00 Å². The number of carbonyl (C=O) groups is 2. The molecular weight excluding hydrogens is 308 g/mol. The lowest BCUT2D eigenvalue weighted by Crippen LogP contribution is -2.30. The summed E-state index contributed by atoms with van der Waals surface area (Å²) in [4.78, 5) is 23.7. The number of nitrogens with one attached hydrogen (secondary N) is 2. The van der Waals surface area contributed by atoms with Gasteiger partial charge in [-0.05, 0) is 44.3 Å². The largest absolute Gasteiger partial charge is 0.462 e. The predicted molar refractivity (Wildman–Crippen MR) is 87.3 cm³/mol. The van der Waals surface area contributed by atoms with Crippen molar-refractivity contribution in [2.75, 3.05) is 30.8 Å². The van der Waals surface area contributed by atoms with Crippen LogP contribution in [0.25, 0.3) is 0 Å². The summed E-state index contributed by atoms with van der Waals surface area (Å²) in [5, 5.41) is 9.02. The number of thioether (sulfide) groups is 1. The second kappa shape index (κ2) is 8.41. The van der Waals surface area contributed by atoms with Crippen LogP contribution in [0, 0.1) is 0 Å². The van der Waals surface area contributed by atoms with Gasteiger partial charge in [-0.15, -0.1) is 23.1 Å². The average Bonchev–Trinajstić information content (AvgIpc) is 2.95. The van der Waals surface area contributed by atoms with Crippen molar-refractivity contribution in [3.05, 3.63) is 17.0 Å². The van der Waals surface area contributed by atoms with Crippen molar-refractivity contribution < 1.29 is 14.3 Å². The molecular formula is C14H20N2O3S2. The van der Waals surface area contributed by atoms with Gasteiger partial charge in [-0.3, -0.25) is 4.79 Å². The van der Waals surface area contributed by atoms with Gasteiger partial charge in [0.25, 0.3) is 0 Å². The Morgan fingerprint density at radius 1 is 1.48 bits per heavy atom. The topological polar surface area (TPSA) is 67.4 Å². The molecule has 2 N–H and O–H groups in total. The first-order chi connectivity index (χ1) is 10.2. The molecule has 0 unspecified atom stereocenters. The third kappa shape index (κ3) is 5.01. The molecule has 0 atom stereocenters. The van der Waals surface area contributed by atoms with Gasteiger partial charge < -0.3 is 15.4 Å². The van der Waals surface area contributed by atoms with Crippen molar-refractivity contribution in [1.29, 1.82) is 0 Å². The van der Waals surface area contributed by atoms with Crippen molar-refractivity contribution in [2.45, 2.75) is 25.0 Å². The van der Waals surface area contributed by atoms with Crippen LogP contribution in [0.2, 0.25) is 0 Å². The second-order valence-electron chi connectivity index (χ2n) is 4.69. The van der Waals surface area contributed by atoms with Crippen LogP contribution in [-0.2, 0) is 9.53 Å². The molecule has 0 aromatic carbocycles. The van der Waals surface area contributed by atoms with Crippen LogP contribution in [0.4, 0.5) is 5.00 Å². The summed E-state index contributed by atoms with van der Waals surface area (Å²) < 4.78 is 4.97. The minimum absolute atomic E-state index is 0.0634. The van der Waals surface area contributed by atoms with Crippen LogP contribution in [0.15, 0.2) is 11.4 Å². The van der Waals surface area contributed by atoms with E-state index in [0.29, 0.717) is 28.2 Å². The van der Waals surface area contributed by atoms with E-state index in [1.807, 2.05) is 0 Å². The van der Waals surface area contributed by atoms with Crippen LogP contribution in [0.1, 0.15) is 30.1 Å². The fourth-order valence-electron chi connectivity index (χ4n) is 2.09. The standard InChI is InChI=1S/C14H20N2O3S2/c1-2-19-14(18)11-5-8-20-13(11)16-12(17)9-21-10-3-6-15-7-4-10/h5,8,10,15H,2-4,6-7,9H2,1H3,(H,16,17). The number of amides is 1. The van der Waals surface area contributed by atoms with Crippen LogP contribution in [0.3, 0.4) is 0 Å². The summed E-state index contributed by atoms with van der Waals surface area (Å²) in [7, 11) is 0. The number of anilines is 1. The Balaban J connectivity index is 1.82. The lowest BCUT2D eigenvalue weighted by atomic mass is 10.2. The zero-order chi connectivity index (χ0) is 15.1. The minimum atomic E-state index is -0.389. The van der Waals surface area contributed by atoms with E-state index in [-0.39, 0.29) is 11.9 Å². The van der Waals surface area contributed by atoms with E-state index in [0.717, 1.165) is 25.9 Å². The summed E-state index contributed by atoms with van der Waals surface area (Å²) in [6.45, 7) is 4.14. The quantitative estimate of drug-likeness (QED) is 0.785. The van der Waals surface area contributed by atoms with E-state index >= 15 is 0 Å². The third-order valence-corrected chi connectivity index (χ3v) is 5.35. The van der Waals surface area contributed by atoms with E-state index in [9.17, 15) is 9.59 Å². The number of carbonyl (C=O) groups excluding carboxylic acids is 2. The molecule has 1 amide bonds. The maximum atomic E-state index is 12.0.